The SMILES string of the molecule is CCCc1ccc(-c2ccc(CC#N)cc2)c(F)c1. The second-order valence-corrected chi connectivity index (χ2v) is 4.60. The fourth-order valence-corrected chi connectivity index (χ4v) is 2.13. The number of hydrogen-bond donors (Lipinski definition) is 0. The summed E-state index contributed by atoms with van der Waals surface area (Å²) in [5.41, 5.74) is 3.45. The molecule has 19 heavy (non-hydrogen) atoms. The Morgan fingerprint density at radius 3 is 2.32 bits per heavy atom. The summed E-state index contributed by atoms with van der Waals surface area (Å²) in [5, 5.41) is 8.62. The molecule has 1 nitrogen and oxygen atoms in total. The van der Waals surface area contributed by atoms with E-state index in [1.165, 1.54) is 0 Å². The van der Waals surface area contributed by atoms with Gasteiger partial charge in [-0.15, -0.1) is 0 Å². The molecule has 0 aliphatic rings. The molecule has 0 atom stereocenters. The van der Waals surface area contributed by atoms with Gasteiger partial charge >= 0.3 is 0 Å². The van der Waals surface area contributed by atoms with Crippen molar-refractivity contribution in [3.05, 3.63) is 59.4 Å². The van der Waals surface area contributed by atoms with Crippen LogP contribution >= 0.6 is 0 Å². The molecule has 0 aliphatic carbocycles. The molecule has 0 fully saturated rings. The maximum absolute atomic E-state index is 14.1. The van der Waals surface area contributed by atoms with Crippen LogP contribution < -0.4 is 0 Å². The third-order valence-electron chi connectivity index (χ3n) is 3.12. The van der Waals surface area contributed by atoms with E-state index in [0.717, 1.165) is 29.5 Å². The van der Waals surface area contributed by atoms with E-state index in [0.29, 0.717) is 12.0 Å². The zero-order valence-corrected chi connectivity index (χ0v) is 11.0. The summed E-state index contributed by atoms with van der Waals surface area (Å²) < 4.78 is 14.1. The lowest BCUT2D eigenvalue weighted by Gasteiger charge is -2.06. The number of halogens is 1. The molecule has 2 aromatic rings. The van der Waals surface area contributed by atoms with Crippen molar-refractivity contribution in [3.8, 4) is 17.2 Å². The van der Waals surface area contributed by atoms with Gasteiger partial charge in [-0.25, -0.2) is 4.39 Å². The van der Waals surface area contributed by atoms with Crippen LogP contribution in [0.15, 0.2) is 42.5 Å². The Labute approximate surface area is 113 Å². The van der Waals surface area contributed by atoms with Gasteiger partial charge in [-0.2, -0.15) is 5.26 Å². The molecule has 2 rings (SSSR count). The standard InChI is InChI=1S/C17H16FN/c1-2-3-14-6-9-16(17(18)12-14)15-7-4-13(5-8-15)10-11-19/h4-9,12H,2-3,10H2,1H3. The molecule has 0 unspecified atom stereocenters. The van der Waals surface area contributed by atoms with E-state index in [9.17, 15) is 4.39 Å². The minimum atomic E-state index is -0.181. The van der Waals surface area contributed by atoms with E-state index in [1.54, 1.807) is 6.07 Å². The van der Waals surface area contributed by atoms with Gasteiger partial charge in [-0.3, -0.25) is 0 Å². The van der Waals surface area contributed by atoms with Crippen LogP contribution in [0.5, 0.6) is 0 Å². The molecule has 0 heterocycles. The number of nitriles is 1. The maximum Gasteiger partial charge on any atom is 0.131 e. The molecule has 0 spiro atoms. The lowest BCUT2D eigenvalue weighted by atomic mass is 10.00. The molecular weight excluding hydrogens is 237 g/mol. The third kappa shape index (κ3) is 3.20. The predicted octanol–water partition coefficient (Wildman–Crippen LogP) is 4.51. The molecule has 0 bridgehead atoms. The first-order valence-electron chi connectivity index (χ1n) is 6.49. The van der Waals surface area contributed by atoms with Crippen LogP contribution in [-0.2, 0) is 12.8 Å². The van der Waals surface area contributed by atoms with Crippen LogP contribution in [0.25, 0.3) is 11.1 Å². The van der Waals surface area contributed by atoms with Crippen molar-refractivity contribution < 1.29 is 4.39 Å². The van der Waals surface area contributed by atoms with E-state index >= 15 is 0 Å². The van der Waals surface area contributed by atoms with Gasteiger partial charge in [0.25, 0.3) is 0 Å². The lowest BCUT2D eigenvalue weighted by Crippen LogP contribution is -1.90. The highest BCUT2D eigenvalue weighted by molar-refractivity contribution is 5.64. The first-order chi connectivity index (χ1) is 9.24. The second kappa shape index (κ2) is 6.15. The summed E-state index contributed by atoms with van der Waals surface area (Å²) in [6, 6.07) is 15.0. The summed E-state index contributed by atoms with van der Waals surface area (Å²) >= 11 is 0. The number of nitrogens with zero attached hydrogens (tertiary/aromatic N) is 1. The van der Waals surface area contributed by atoms with E-state index in [-0.39, 0.29) is 5.82 Å². The molecule has 2 heteroatoms. The molecule has 0 aliphatic heterocycles. The van der Waals surface area contributed by atoms with Crippen molar-refractivity contribution in [2.75, 3.05) is 0 Å². The largest absolute Gasteiger partial charge is 0.206 e. The molecule has 2 aromatic carbocycles. The van der Waals surface area contributed by atoms with Crippen molar-refractivity contribution in [1.29, 1.82) is 5.26 Å². The second-order valence-electron chi connectivity index (χ2n) is 4.60. The number of benzene rings is 2. The fraction of sp³-hybridized carbons (Fsp3) is 0.235. The van der Waals surface area contributed by atoms with Gasteiger partial charge in [0.05, 0.1) is 12.5 Å². The summed E-state index contributed by atoms with van der Waals surface area (Å²) in [5.74, 6) is -0.181. The molecule has 0 N–H and O–H groups in total. The van der Waals surface area contributed by atoms with E-state index in [2.05, 4.69) is 13.0 Å². The average Bonchev–Trinajstić information content (AvgIpc) is 2.41. The van der Waals surface area contributed by atoms with Gasteiger partial charge in [0.1, 0.15) is 5.82 Å². The minimum absolute atomic E-state index is 0.181. The molecule has 0 radical (unpaired) electrons. The van der Waals surface area contributed by atoms with Crippen LogP contribution in [0.3, 0.4) is 0 Å². The van der Waals surface area contributed by atoms with Crippen molar-refractivity contribution in [3.63, 3.8) is 0 Å². The van der Waals surface area contributed by atoms with E-state index in [1.807, 2.05) is 36.4 Å². The van der Waals surface area contributed by atoms with Crippen molar-refractivity contribution in [2.24, 2.45) is 0 Å². The van der Waals surface area contributed by atoms with Crippen LogP contribution in [0.2, 0.25) is 0 Å². The van der Waals surface area contributed by atoms with Crippen LogP contribution in [0.4, 0.5) is 4.39 Å². The highest BCUT2D eigenvalue weighted by atomic mass is 19.1. The Hall–Kier alpha value is -2.14. The smallest absolute Gasteiger partial charge is 0.131 e. The molecule has 0 amide bonds. The van der Waals surface area contributed by atoms with Crippen molar-refractivity contribution in [1.82, 2.24) is 0 Å². The number of rotatable bonds is 4. The van der Waals surface area contributed by atoms with Crippen molar-refractivity contribution >= 4 is 0 Å². The van der Waals surface area contributed by atoms with Crippen LogP contribution in [0, 0.1) is 17.1 Å². The Morgan fingerprint density at radius 1 is 1.05 bits per heavy atom. The first-order valence-corrected chi connectivity index (χ1v) is 6.49. The maximum atomic E-state index is 14.1. The lowest BCUT2D eigenvalue weighted by molar-refractivity contribution is 0.628. The van der Waals surface area contributed by atoms with E-state index in [4.69, 9.17) is 5.26 Å². The fourth-order valence-electron chi connectivity index (χ4n) is 2.13. The molecule has 0 aromatic heterocycles. The summed E-state index contributed by atoms with van der Waals surface area (Å²) in [6.07, 6.45) is 2.30. The Balaban J connectivity index is 2.29. The van der Waals surface area contributed by atoms with Gasteiger partial charge in [0.2, 0.25) is 0 Å². The number of hydrogen-bond acceptors (Lipinski definition) is 1. The van der Waals surface area contributed by atoms with Crippen molar-refractivity contribution in [2.45, 2.75) is 26.2 Å². The first kappa shape index (κ1) is 13.3. The van der Waals surface area contributed by atoms with Gasteiger partial charge in [0, 0.05) is 5.56 Å². The van der Waals surface area contributed by atoms with Crippen LogP contribution in [-0.4, -0.2) is 0 Å². The average molecular weight is 253 g/mol. The van der Waals surface area contributed by atoms with E-state index < -0.39 is 0 Å². The zero-order chi connectivity index (χ0) is 13.7. The Bertz CT molecular complexity index is 594. The summed E-state index contributed by atoms with van der Waals surface area (Å²) in [4.78, 5) is 0. The Kier molecular flexibility index (Phi) is 4.30. The quantitative estimate of drug-likeness (QED) is 0.786. The van der Waals surface area contributed by atoms with Gasteiger partial charge in [-0.1, -0.05) is 49.7 Å². The third-order valence-corrected chi connectivity index (χ3v) is 3.12. The number of aryl methyl sites for hydroxylation is 1. The van der Waals surface area contributed by atoms with Gasteiger partial charge in [-0.05, 0) is 29.2 Å². The molecular formula is C17H16FN. The Morgan fingerprint density at radius 2 is 1.74 bits per heavy atom. The van der Waals surface area contributed by atoms with Gasteiger partial charge in [0.15, 0.2) is 0 Å². The highest BCUT2D eigenvalue weighted by Gasteiger charge is 2.06. The predicted molar refractivity (Wildman–Crippen MR) is 75.1 cm³/mol. The molecule has 0 saturated heterocycles. The normalized spacial score (nSPS) is 10.2. The van der Waals surface area contributed by atoms with Crippen LogP contribution in [0.1, 0.15) is 24.5 Å². The molecule has 96 valence electrons. The molecule has 0 saturated carbocycles. The summed E-state index contributed by atoms with van der Waals surface area (Å²) in [7, 11) is 0. The van der Waals surface area contributed by atoms with Gasteiger partial charge < -0.3 is 0 Å². The summed E-state index contributed by atoms with van der Waals surface area (Å²) in [6.45, 7) is 2.08. The highest BCUT2D eigenvalue weighted by Crippen LogP contribution is 2.24. The zero-order valence-electron chi connectivity index (χ0n) is 11.0. The minimum Gasteiger partial charge on any atom is -0.206 e. The monoisotopic (exact) mass is 253 g/mol. The topological polar surface area (TPSA) is 23.8 Å².